The first kappa shape index (κ1) is 17.2. The molecular formula is C20H27N5O. The van der Waals surface area contributed by atoms with Crippen LogP contribution in [-0.2, 0) is 0 Å². The number of aromatic nitrogens is 3. The zero-order valence-corrected chi connectivity index (χ0v) is 15.5. The number of carbonyl (C=O) groups excluding carboxylic acids is 1. The number of amides is 1. The highest BCUT2D eigenvalue weighted by atomic mass is 16.2. The molecule has 6 heteroatoms. The quantitative estimate of drug-likeness (QED) is 0.851. The number of nitrogens with zero attached hydrogens (tertiary/aromatic N) is 5. The van der Waals surface area contributed by atoms with E-state index >= 15 is 0 Å². The fourth-order valence-electron chi connectivity index (χ4n) is 4.08. The van der Waals surface area contributed by atoms with Crippen LogP contribution in [0.4, 0.5) is 0 Å². The lowest BCUT2D eigenvalue weighted by atomic mass is 10.1. The second kappa shape index (κ2) is 7.58. The van der Waals surface area contributed by atoms with Crippen molar-refractivity contribution >= 4 is 5.91 Å². The normalized spacial score (nSPS) is 21.7. The molecule has 2 aromatic rings. The Labute approximate surface area is 154 Å². The Balaban J connectivity index is 1.54. The van der Waals surface area contributed by atoms with Gasteiger partial charge in [0, 0.05) is 18.7 Å². The summed E-state index contributed by atoms with van der Waals surface area (Å²) in [4.78, 5) is 17.2. The van der Waals surface area contributed by atoms with Crippen LogP contribution < -0.4 is 0 Å². The van der Waals surface area contributed by atoms with E-state index in [0.29, 0.717) is 6.04 Å². The number of hydrogen-bond acceptors (Lipinski definition) is 4. The van der Waals surface area contributed by atoms with Gasteiger partial charge >= 0.3 is 0 Å². The van der Waals surface area contributed by atoms with Crippen molar-refractivity contribution in [3.05, 3.63) is 41.7 Å². The molecule has 1 aromatic carbocycles. The van der Waals surface area contributed by atoms with Gasteiger partial charge < -0.3 is 4.90 Å². The summed E-state index contributed by atoms with van der Waals surface area (Å²) in [6, 6.07) is 8.11. The lowest BCUT2D eigenvalue weighted by molar-refractivity contribution is 0.0761. The Kier molecular flexibility index (Phi) is 5.02. The maximum Gasteiger partial charge on any atom is 0.253 e. The number of benzene rings is 1. The van der Waals surface area contributed by atoms with Gasteiger partial charge in [0.05, 0.1) is 17.9 Å². The highest BCUT2D eigenvalue weighted by molar-refractivity contribution is 5.94. The van der Waals surface area contributed by atoms with Crippen molar-refractivity contribution < 1.29 is 4.79 Å². The molecule has 26 heavy (non-hydrogen) atoms. The first-order valence-corrected chi connectivity index (χ1v) is 9.74. The maximum absolute atomic E-state index is 12.9. The summed E-state index contributed by atoms with van der Waals surface area (Å²) >= 11 is 0. The second-order valence-corrected chi connectivity index (χ2v) is 7.48. The molecule has 0 aliphatic carbocycles. The lowest BCUT2D eigenvalue weighted by Crippen LogP contribution is -2.31. The minimum atomic E-state index is 0.129. The number of hydrogen-bond donors (Lipinski definition) is 0. The van der Waals surface area contributed by atoms with Crippen LogP contribution in [0.2, 0.25) is 0 Å². The van der Waals surface area contributed by atoms with Crippen LogP contribution in [-0.4, -0.2) is 57.4 Å². The third-order valence-corrected chi connectivity index (χ3v) is 5.62. The molecule has 1 amide bonds. The zero-order valence-electron chi connectivity index (χ0n) is 15.5. The Morgan fingerprint density at radius 3 is 2.62 bits per heavy atom. The molecule has 1 aromatic heterocycles. The van der Waals surface area contributed by atoms with Crippen molar-refractivity contribution in [3.63, 3.8) is 0 Å². The molecule has 0 saturated carbocycles. The largest absolute Gasteiger partial charge is 0.339 e. The SMILES string of the molecule is CN1CCCC1c1cn(-c2cccc(C(=O)N3CCCCCC3)c2)nn1. The van der Waals surface area contributed by atoms with Crippen LogP contribution in [0.25, 0.3) is 5.69 Å². The third-order valence-electron chi connectivity index (χ3n) is 5.62. The van der Waals surface area contributed by atoms with Gasteiger partial charge in [0.2, 0.25) is 0 Å². The molecule has 4 rings (SSSR count). The summed E-state index contributed by atoms with van der Waals surface area (Å²) in [6.45, 7) is 2.84. The third kappa shape index (κ3) is 3.51. The van der Waals surface area contributed by atoms with Crippen molar-refractivity contribution in [1.29, 1.82) is 0 Å². The molecule has 6 nitrogen and oxygen atoms in total. The van der Waals surface area contributed by atoms with E-state index in [2.05, 4.69) is 22.3 Å². The predicted molar refractivity (Wildman–Crippen MR) is 100 cm³/mol. The standard InChI is InChI=1S/C20H27N5O/c1-23-11-7-10-19(23)18-15-25(22-21-18)17-9-6-8-16(14-17)20(26)24-12-4-2-3-5-13-24/h6,8-9,14-15,19H,2-5,7,10-13H2,1H3. The van der Waals surface area contributed by atoms with E-state index in [-0.39, 0.29) is 5.91 Å². The van der Waals surface area contributed by atoms with Crippen molar-refractivity contribution in [3.8, 4) is 5.69 Å². The summed E-state index contributed by atoms with van der Waals surface area (Å²) in [5, 5.41) is 8.69. The Hall–Kier alpha value is -2.21. The average Bonchev–Trinajstić information content (AvgIpc) is 3.22. The van der Waals surface area contributed by atoms with Gasteiger partial charge in [-0.05, 0) is 57.5 Å². The van der Waals surface area contributed by atoms with Gasteiger partial charge in [0.1, 0.15) is 5.69 Å². The second-order valence-electron chi connectivity index (χ2n) is 7.48. The first-order valence-electron chi connectivity index (χ1n) is 9.74. The molecule has 3 heterocycles. The topological polar surface area (TPSA) is 54.3 Å². The van der Waals surface area contributed by atoms with Crippen molar-refractivity contribution in [2.45, 2.75) is 44.6 Å². The van der Waals surface area contributed by atoms with Gasteiger partial charge in [-0.15, -0.1) is 5.10 Å². The predicted octanol–water partition coefficient (Wildman–Crippen LogP) is 3.05. The van der Waals surface area contributed by atoms with Gasteiger partial charge in [-0.25, -0.2) is 4.68 Å². The average molecular weight is 353 g/mol. The minimum Gasteiger partial charge on any atom is -0.339 e. The van der Waals surface area contributed by atoms with Crippen LogP contribution in [0.1, 0.15) is 60.6 Å². The molecule has 0 spiro atoms. The van der Waals surface area contributed by atoms with E-state index in [4.69, 9.17) is 0 Å². The smallest absolute Gasteiger partial charge is 0.253 e. The van der Waals surface area contributed by atoms with E-state index in [1.54, 1.807) is 4.68 Å². The molecule has 2 aliphatic rings. The van der Waals surface area contributed by atoms with Crippen molar-refractivity contribution in [2.75, 3.05) is 26.7 Å². The molecule has 0 bridgehead atoms. The van der Waals surface area contributed by atoms with E-state index in [1.165, 1.54) is 19.3 Å². The van der Waals surface area contributed by atoms with E-state index in [0.717, 1.165) is 55.8 Å². The fraction of sp³-hybridized carbons (Fsp3) is 0.550. The van der Waals surface area contributed by atoms with Gasteiger partial charge in [-0.1, -0.05) is 24.1 Å². The van der Waals surface area contributed by atoms with E-state index in [1.807, 2.05) is 35.4 Å². The Morgan fingerprint density at radius 1 is 1.08 bits per heavy atom. The summed E-state index contributed by atoms with van der Waals surface area (Å²) in [6.07, 6.45) is 8.99. The number of carbonyl (C=O) groups is 1. The summed E-state index contributed by atoms with van der Waals surface area (Å²) in [5.41, 5.74) is 2.64. The summed E-state index contributed by atoms with van der Waals surface area (Å²) in [5.74, 6) is 0.129. The van der Waals surface area contributed by atoms with Gasteiger partial charge in [-0.3, -0.25) is 9.69 Å². The van der Waals surface area contributed by atoms with Crippen LogP contribution in [0.15, 0.2) is 30.5 Å². The van der Waals surface area contributed by atoms with Gasteiger partial charge in [0.25, 0.3) is 5.91 Å². The summed E-state index contributed by atoms with van der Waals surface area (Å²) < 4.78 is 1.79. The van der Waals surface area contributed by atoms with E-state index in [9.17, 15) is 4.79 Å². The molecule has 2 fully saturated rings. The maximum atomic E-state index is 12.9. The van der Waals surface area contributed by atoms with Crippen LogP contribution in [0.3, 0.4) is 0 Å². The fourth-order valence-corrected chi connectivity index (χ4v) is 4.08. The highest BCUT2D eigenvalue weighted by Crippen LogP contribution is 2.29. The molecule has 138 valence electrons. The van der Waals surface area contributed by atoms with Crippen LogP contribution >= 0.6 is 0 Å². The molecule has 2 saturated heterocycles. The highest BCUT2D eigenvalue weighted by Gasteiger charge is 2.25. The van der Waals surface area contributed by atoms with Crippen molar-refractivity contribution in [2.24, 2.45) is 0 Å². The summed E-state index contributed by atoms with van der Waals surface area (Å²) in [7, 11) is 2.14. The monoisotopic (exact) mass is 353 g/mol. The van der Waals surface area contributed by atoms with Crippen molar-refractivity contribution in [1.82, 2.24) is 24.8 Å². The Morgan fingerprint density at radius 2 is 1.88 bits per heavy atom. The Bertz CT molecular complexity index is 763. The van der Waals surface area contributed by atoms with E-state index < -0.39 is 0 Å². The number of rotatable bonds is 3. The molecule has 1 atom stereocenters. The van der Waals surface area contributed by atoms with Crippen LogP contribution in [0.5, 0.6) is 0 Å². The minimum absolute atomic E-state index is 0.129. The zero-order chi connectivity index (χ0) is 17.9. The van der Waals surface area contributed by atoms with Gasteiger partial charge in [-0.2, -0.15) is 0 Å². The molecule has 1 unspecified atom stereocenters. The molecule has 0 N–H and O–H groups in total. The lowest BCUT2D eigenvalue weighted by Gasteiger charge is -2.20. The van der Waals surface area contributed by atoms with Crippen LogP contribution in [0, 0.1) is 0 Å². The van der Waals surface area contributed by atoms with Gasteiger partial charge in [0.15, 0.2) is 0 Å². The number of likely N-dealkylation sites (tertiary alicyclic amines) is 2. The molecule has 0 radical (unpaired) electrons. The molecular weight excluding hydrogens is 326 g/mol. The molecule has 2 aliphatic heterocycles. The first-order chi connectivity index (χ1) is 12.7.